The normalized spacial score (nSPS) is 18.0. The monoisotopic (exact) mass is 502 g/mol. The van der Waals surface area contributed by atoms with E-state index in [0.29, 0.717) is 45.2 Å². The van der Waals surface area contributed by atoms with Gasteiger partial charge in [-0.1, -0.05) is 6.42 Å². The van der Waals surface area contributed by atoms with Gasteiger partial charge in [-0.15, -0.1) is 0 Å². The summed E-state index contributed by atoms with van der Waals surface area (Å²) in [5, 5.41) is 14.2. The Morgan fingerprint density at radius 1 is 1.09 bits per heavy atom. The molecular formula is C20H38N8O5S. The third kappa shape index (κ3) is 9.73. The molecule has 0 bridgehead atoms. The summed E-state index contributed by atoms with van der Waals surface area (Å²) in [5.74, 6) is -2.96. The van der Waals surface area contributed by atoms with Crippen molar-refractivity contribution in [2.24, 2.45) is 27.9 Å². The van der Waals surface area contributed by atoms with E-state index in [1.54, 1.807) is 0 Å². The summed E-state index contributed by atoms with van der Waals surface area (Å²) in [5.41, 5.74) is 22.1. The standard InChI is InChI=1S/C20H38N8O5S/c21-8-2-1-5-12(22)18(31)28-10-4-7-15(28)17(30)26-13(6-3-9-25-20(23)24)16(29)27-14(11-34)19(32)33/h12-15,34H,1-11,21-22H2,(H,26,30)(H,27,29)(H,32,33)(H4,23,24,25). The maximum Gasteiger partial charge on any atom is 0.327 e. The number of thiol groups is 1. The Balaban J connectivity index is 2.87. The topological polar surface area (TPSA) is 232 Å². The van der Waals surface area contributed by atoms with Crippen LogP contribution in [-0.4, -0.2) is 89.2 Å². The smallest absolute Gasteiger partial charge is 0.327 e. The highest BCUT2D eigenvalue weighted by Crippen LogP contribution is 2.20. The molecule has 3 amide bonds. The molecule has 0 radical (unpaired) electrons. The van der Waals surface area contributed by atoms with E-state index >= 15 is 0 Å². The first-order valence-corrected chi connectivity index (χ1v) is 12.0. The second-order valence-corrected chi connectivity index (χ2v) is 8.54. The lowest BCUT2D eigenvalue weighted by Gasteiger charge is -2.28. The van der Waals surface area contributed by atoms with Crippen LogP contribution in [0.5, 0.6) is 0 Å². The highest BCUT2D eigenvalue weighted by Gasteiger charge is 2.37. The Morgan fingerprint density at radius 2 is 1.79 bits per heavy atom. The van der Waals surface area contributed by atoms with Crippen LogP contribution < -0.4 is 33.6 Å². The SMILES string of the molecule is NCCCCC(N)C(=O)N1CCCC1C(=O)NC(CCCN=C(N)N)C(=O)NC(CS)C(=O)O. The summed E-state index contributed by atoms with van der Waals surface area (Å²) in [6.45, 7) is 1.13. The molecule has 0 aromatic heterocycles. The van der Waals surface area contributed by atoms with Gasteiger partial charge in [-0.3, -0.25) is 19.4 Å². The Morgan fingerprint density at radius 3 is 2.38 bits per heavy atom. The van der Waals surface area contributed by atoms with E-state index in [2.05, 4.69) is 28.3 Å². The van der Waals surface area contributed by atoms with Crippen molar-refractivity contribution in [1.82, 2.24) is 15.5 Å². The van der Waals surface area contributed by atoms with Gasteiger partial charge in [0.25, 0.3) is 0 Å². The summed E-state index contributed by atoms with van der Waals surface area (Å²) < 4.78 is 0. The third-order valence-electron chi connectivity index (χ3n) is 5.50. The summed E-state index contributed by atoms with van der Waals surface area (Å²) >= 11 is 3.94. The first-order chi connectivity index (χ1) is 16.1. The van der Waals surface area contributed by atoms with E-state index in [1.165, 1.54) is 4.90 Å². The lowest BCUT2D eigenvalue weighted by Crippen LogP contribution is -2.56. The molecule has 1 rings (SSSR count). The molecule has 4 atom stereocenters. The lowest BCUT2D eigenvalue weighted by molar-refractivity contribution is -0.142. The number of carboxylic acid groups (broad SMARTS) is 1. The molecule has 0 aromatic rings. The number of carboxylic acids is 1. The van der Waals surface area contributed by atoms with Crippen LogP contribution in [0.15, 0.2) is 4.99 Å². The molecule has 1 aliphatic heterocycles. The van der Waals surface area contributed by atoms with Crippen molar-refractivity contribution in [2.75, 3.05) is 25.4 Å². The maximum absolute atomic E-state index is 13.0. The molecule has 4 unspecified atom stereocenters. The highest BCUT2D eigenvalue weighted by molar-refractivity contribution is 7.80. The average Bonchev–Trinajstić information content (AvgIpc) is 3.28. The number of aliphatic imine (C=N–C) groups is 1. The van der Waals surface area contributed by atoms with Gasteiger partial charge in [0.05, 0.1) is 6.04 Å². The molecule has 13 nitrogen and oxygen atoms in total. The molecule has 0 aromatic carbocycles. The number of nitrogens with one attached hydrogen (secondary N) is 2. The molecule has 34 heavy (non-hydrogen) atoms. The Labute approximate surface area is 204 Å². The molecule has 1 fully saturated rings. The molecule has 0 spiro atoms. The number of unbranched alkanes of at least 4 members (excludes halogenated alkanes) is 1. The van der Waals surface area contributed by atoms with Crippen LogP contribution in [0, 0.1) is 0 Å². The first kappa shape index (κ1) is 29.5. The van der Waals surface area contributed by atoms with Crippen LogP contribution in [0.1, 0.15) is 44.9 Å². The van der Waals surface area contributed by atoms with Gasteiger partial charge in [0.2, 0.25) is 17.7 Å². The molecule has 11 N–H and O–H groups in total. The fourth-order valence-electron chi connectivity index (χ4n) is 3.65. The van der Waals surface area contributed by atoms with Crippen LogP contribution >= 0.6 is 12.6 Å². The third-order valence-corrected chi connectivity index (χ3v) is 5.87. The molecule has 0 saturated carbocycles. The van der Waals surface area contributed by atoms with Gasteiger partial charge in [-0.05, 0) is 45.1 Å². The van der Waals surface area contributed by atoms with E-state index in [4.69, 9.17) is 22.9 Å². The Hall–Kier alpha value is -2.58. The van der Waals surface area contributed by atoms with Crippen molar-refractivity contribution < 1.29 is 24.3 Å². The van der Waals surface area contributed by atoms with Crippen LogP contribution in [0.4, 0.5) is 0 Å². The number of hydrogen-bond donors (Lipinski definition) is 8. The second-order valence-electron chi connectivity index (χ2n) is 8.17. The van der Waals surface area contributed by atoms with Crippen molar-refractivity contribution in [3.05, 3.63) is 0 Å². The molecule has 1 aliphatic rings. The number of amides is 3. The van der Waals surface area contributed by atoms with E-state index in [-0.39, 0.29) is 30.6 Å². The average molecular weight is 503 g/mol. The fourth-order valence-corrected chi connectivity index (χ4v) is 3.89. The molecule has 14 heteroatoms. The summed E-state index contributed by atoms with van der Waals surface area (Å²) in [4.78, 5) is 55.2. The predicted molar refractivity (Wildman–Crippen MR) is 131 cm³/mol. The zero-order chi connectivity index (χ0) is 25.7. The molecule has 1 saturated heterocycles. The van der Waals surface area contributed by atoms with Gasteiger partial charge in [0.15, 0.2) is 5.96 Å². The Bertz CT molecular complexity index is 734. The van der Waals surface area contributed by atoms with Gasteiger partial charge in [-0.25, -0.2) is 4.79 Å². The van der Waals surface area contributed by atoms with E-state index in [1.807, 2.05) is 0 Å². The van der Waals surface area contributed by atoms with Gasteiger partial charge >= 0.3 is 5.97 Å². The molecule has 1 heterocycles. The molecule has 0 aliphatic carbocycles. The lowest BCUT2D eigenvalue weighted by atomic mass is 10.1. The number of hydrogen-bond acceptors (Lipinski definition) is 8. The minimum atomic E-state index is -1.25. The number of rotatable bonds is 15. The zero-order valence-electron chi connectivity index (χ0n) is 19.3. The van der Waals surface area contributed by atoms with Gasteiger partial charge in [-0.2, -0.15) is 12.6 Å². The zero-order valence-corrected chi connectivity index (χ0v) is 20.2. The maximum atomic E-state index is 13.0. The number of nitrogens with two attached hydrogens (primary N) is 4. The highest BCUT2D eigenvalue weighted by atomic mass is 32.1. The van der Waals surface area contributed by atoms with E-state index < -0.39 is 42.0 Å². The minimum absolute atomic E-state index is 0.103. The molecule has 194 valence electrons. The van der Waals surface area contributed by atoms with Crippen LogP contribution in [-0.2, 0) is 19.2 Å². The first-order valence-electron chi connectivity index (χ1n) is 11.4. The quantitative estimate of drug-likeness (QED) is 0.0509. The second kappa shape index (κ2) is 15.3. The number of aliphatic carboxylic acids is 1. The Kier molecular flexibility index (Phi) is 13.3. The van der Waals surface area contributed by atoms with Gasteiger partial charge in [0, 0.05) is 18.8 Å². The van der Waals surface area contributed by atoms with Crippen LogP contribution in [0.2, 0.25) is 0 Å². The van der Waals surface area contributed by atoms with Crippen LogP contribution in [0.25, 0.3) is 0 Å². The van der Waals surface area contributed by atoms with Crippen molar-refractivity contribution in [1.29, 1.82) is 0 Å². The summed E-state index contributed by atoms with van der Waals surface area (Å²) in [6, 6.07) is -3.75. The number of carbonyl (C=O) groups excluding carboxylic acids is 3. The van der Waals surface area contributed by atoms with Crippen molar-refractivity contribution in [2.45, 2.75) is 69.1 Å². The van der Waals surface area contributed by atoms with Crippen molar-refractivity contribution >= 4 is 42.3 Å². The fraction of sp³-hybridized carbons (Fsp3) is 0.750. The summed E-state index contributed by atoms with van der Waals surface area (Å²) in [7, 11) is 0. The summed E-state index contributed by atoms with van der Waals surface area (Å²) in [6.07, 6.45) is 3.51. The largest absolute Gasteiger partial charge is 0.480 e. The van der Waals surface area contributed by atoms with E-state index in [0.717, 1.165) is 6.42 Å². The van der Waals surface area contributed by atoms with E-state index in [9.17, 15) is 24.3 Å². The predicted octanol–water partition coefficient (Wildman–Crippen LogP) is -2.53. The number of carbonyl (C=O) groups is 4. The van der Waals surface area contributed by atoms with Crippen molar-refractivity contribution in [3.63, 3.8) is 0 Å². The van der Waals surface area contributed by atoms with Crippen molar-refractivity contribution in [3.8, 4) is 0 Å². The van der Waals surface area contributed by atoms with Gasteiger partial charge < -0.3 is 43.6 Å². The van der Waals surface area contributed by atoms with Crippen LogP contribution in [0.3, 0.4) is 0 Å². The minimum Gasteiger partial charge on any atom is -0.480 e. The van der Waals surface area contributed by atoms with Gasteiger partial charge in [0.1, 0.15) is 18.1 Å². The number of likely N-dealkylation sites (tertiary alicyclic amines) is 1. The molecular weight excluding hydrogens is 464 g/mol. The number of guanidine groups is 1. The number of nitrogens with zero attached hydrogens (tertiary/aromatic N) is 2.